The third-order valence-electron chi connectivity index (χ3n) is 3.44. The fraction of sp³-hybridized carbons (Fsp3) is 0.385. The van der Waals surface area contributed by atoms with E-state index in [1.54, 1.807) is 24.1 Å². The molecular formula is C13H15BrFN3OS. The van der Waals surface area contributed by atoms with Crippen molar-refractivity contribution < 1.29 is 9.18 Å². The van der Waals surface area contributed by atoms with Crippen LogP contribution in [0.1, 0.15) is 18.4 Å². The summed E-state index contributed by atoms with van der Waals surface area (Å²) in [6.45, 7) is 0.647. The normalized spacial score (nSPS) is 18.1. The fourth-order valence-corrected chi connectivity index (χ4v) is 3.30. The van der Waals surface area contributed by atoms with E-state index in [1.807, 2.05) is 0 Å². The van der Waals surface area contributed by atoms with Gasteiger partial charge in [0.2, 0.25) is 5.91 Å². The van der Waals surface area contributed by atoms with Gasteiger partial charge in [-0.3, -0.25) is 4.79 Å². The Kier molecular flexibility index (Phi) is 4.59. The molecule has 1 fully saturated rings. The first-order chi connectivity index (χ1) is 9.47. The number of benzene rings is 1. The van der Waals surface area contributed by atoms with Crippen molar-refractivity contribution in [2.24, 2.45) is 5.73 Å². The zero-order valence-corrected chi connectivity index (χ0v) is 13.4. The van der Waals surface area contributed by atoms with E-state index in [0.717, 1.165) is 6.42 Å². The number of nitrogens with one attached hydrogen (secondary N) is 1. The lowest BCUT2D eigenvalue weighted by molar-refractivity contribution is -0.121. The van der Waals surface area contributed by atoms with Crippen molar-refractivity contribution in [2.75, 3.05) is 18.5 Å². The number of nitrogens with zero attached hydrogens (tertiary/aromatic N) is 1. The number of carbonyl (C=O) groups excluding carboxylic acids is 1. The lowest BCUT2D eigenvalue weighted by atomic mass is 10.1. The standard InChI is InChI=1S/C13H15BrFN3OS/c1-17-13(19)9-3-2-6-18(9)8-5-4-7(12(16)20)10(14)11(8)15/h4-5,9H,2-3,6H2,1H3,(H2,16,20)(H,17,19). The maximum atomic E-state index is 14.5. The van der Waals surface area contributed by atoms with Crippen LogP contribution in [0.5, 0.6) is 0 Å². The molecule has 0 radical (unpaired) electrons. The van der Waals surface area contributed by atoms with Gasteiger partial charge in [-0.25, -0.2) is 4.39 Å². The molecule has 1 unspecified atom stereocenters. The van der Waals surface area contributed by atoms with Gasteiger partial charge in [0.15, 0.2) is 5.82 Å². The summed E-state index contributed by atoms with van der Waals surface area (Å²) >= 11 is 8.06. The van der Waals surface area contributed by atoms with Gasteiger partial charge >= 0.3 is 0 Å². The Morgan fingerprint density at radius 2 is 2.30 bits per heavy atom. The van der Waals surface area contributed by atoms with Crippen LogP contribution in [0.15, 0.2) is 16.6 Å². The molecule has 1 aromatic carbocycles. The lowest BCUT2D eigenvalue weighted by Crippen LogP contribution is -2.42. The van der Waals surface area contributed by atoms with Crippen LogP contribution in [0.4, 0.5) is 10.1 Å². The summed E-state index contributed by atoms with van der Waals surface area (Å²) in [5.74, 6) is -0.539. The Morgan fingerprint density at radius 3 is 2.90 bits per heavy atom. The van der Waals surface area contributed by atoms with Crippen LogP contribution in [0.2, 0.25) is 0 Å². The highest BCUT2D eigenvalue weighted by Crippen LogP contribution is 2.33. The van der Waals surface area contributed by atoms with Crippen molar-refractivity contribution in [3.05, 3.63) is 28.0 Å². The lowest BCUT2D eigenvalue weighted by Gasteiger charge is -2.26. The minimum Gasteiger partial charge on any atom is -0.389 e. The topological polar surface area (TPSA) is 58.4 Å². The van der Waals surface area contributed by atoms with Crippen molar-refractivity contribution in [3.8, 4) is 0 Å². The van der Waals surface area contributed by atoms with Crippen LogP contribution in [0, 0.1) is 5.82 Å². The van der Waals surface area contributed by atoms with Gasteiger partial charge in [0.25, 0.3) is 0 Å². The molecule has 108 valence electrons. The van der Waals surface area contributed by atoms with Crippen LogP contribution in [-0.2, 0) is 4.79 Å². The molecule has 20 heavy (non-hydrogen) atoms. The molecule has 0 saturated carbocycles. The first-order valence-electron chi connectivity index (χ1n) is 6.23. The Morgan fingerprint density at radius 1 is 1.60 bits per heavy atom. The van der Waals surface area contributed by atoms with Gasteiger partial charge in [-0.15, -0.1) is 0 Å². The largest absolute Gasteiger partial charge is 0.389 e. The van der Waals surface area contributed by atoms with Gasteiger partial charge in [0.05, 0.1) is 10.2 Å². The van der Waals surface area contributed by atoms with E-state index in [2.05, 4.69) is 21.2 Å². The number of likely N-dealkylation sites (N-methyl/N-ethyl adjacent to an activating group) is 1. The monoisotopic (exact) mass is 359 g/mol. The van der Waals surface area contributed by atoms with Crippen LogP contribution in [0.25, 0.3) is 0 Å². The molecule has 0 aromatic heterocycles. The Balaban J connectivity index is 2.40. The molecular weight excluding hydrogens is 345 g/mol. The highest BCUT2D eigenvalue weighted by Gasteiger charge is 2.32. The van der Waals surface area contributed by atoms with Crippen molar-refractivity contribution in [3.63, 3.8) is 0 Å². The zero-order chi connectivity index (χ0) is 14.9. The van der Waals surface area contributed by atoms with Crippen LogP contribution in [0.3, 0.4) is 0 Å². The molecule has 1 aromatic rings. The quantitative estimate of drug-likeness (QED) is 0.809. The molecule has 1 aliphatic rings. The summed E-state index contributed by atoms with van der Waals surface area (Å²) in [5.41, 5.74) is 6.39. The second-order valence-corrected chi connectivity index (χ2v) is 5.82. The number of anilines is 1. The number of thiocarbonyl (C=S) groups is 1. The summed E-state index contributed by atoms with van der Waals surface area (Å²) in [5, 5.41) is 2.61. The Labute approximate surface area is 130 Å². The molecule has 2 rings (SSSR count). The Bertz CT molecular complexity index is 567. The summed E-state index contributed by atoms with van der Waals surface area (Å²) in [7, 11) is 1.58. The molecule has 0 aliphatic carbocycles. The number of nitrogens with two attached hydrogens (primary N) is 1. The van der Waals surface area contributed by atoms with Crippen molar-refractivity contribution in [2.45, 2.75) is 18.9 Å². The predicted molar refractivity (Wildman–Crippen MR) is 84.4 cm³/mol. The van der Waals surface area contributed by atoms with E-state index >= 15 is 0 Å². The molecule has 1 saturated heterocycles. The molecule has 1 amide bonds. The van der Waals surface area contributed by atoms with Crippen molar-refractivity contribution >= 4 is 44.7 Å². The molecule has 4 nitrogen and oxygen atoms in total. The second kappa shape index (κ2) is 6.05. The molecule has 7 heteroatoms. The number of rotatable bonds is 3. The van der Waals surface area contributed by atoms with Gasteiger partial charge in [-0.2, -0.15) is 0 Å². The number of halogens is 2. The summed E-state index contributed by atoms with van der Waals surface area (Å²) in [4.78, 5) is 13.8. The van der Waals surface area contributed by atoms with E-state index in [-0.39, 0.29) is 21.4 Å². The molecule has 0 spiro atoms. The predicted octanol–water partition coefficient (Wildman–Crippen LogP) is 1.94. The first kappa shape index (κ1) is 15.2. The third kappa shape index (κ3) is 2.64. The van der Waals surface area contributed by atoms with Gasteiger partial charge in [0, 0.05) is 19.2 Å². The van der Waals surface area contributed by atoms with E-state index in [0.29, 0.717) is 24.2 Å². The minimum atomic E-state index is -0.439. The Hall–Kier alpha value is -1.21. The minimum absolute atomic E-state index is 0.101. The van der Waals surface area contributed by atoms with Gasteiger partial charge in [-0.05, 0) is 40.9 Å². The van der Waals surface area contributed by atoms with Crippen LogP contribution in [-0.4, -0.2) is 30.5 Å². The molecule has 1 aliphatic heterocycles. The fourth-order valence-electron chi connectivity index (χ4n) is 2.45. The molecule has 1 atom stereocenters. The summed E-state index contributed by atoms with van der Waals surface area (Å²) in [6, 6.07) is 2.96. The molecule has 0 bridgehead atoms. The van der Waals surface area contributed by atoms with E-state index < -0.39 is 5.82 Å². The number of hydrogen-bond donors (Lipinski definition) is 2. The van der Waals surface area contributed by atoms with Gasteiger partial charge in [-0.1, -0.05) is 12.2 Å². The third-order valence-corrected chi connectivity index (χ3v) is 4.43. The van der Waals surface area contributed by atoms with E-state index in [9.17, 15) is 9.18 Å². The molecule has 1 heterocycles. The second-order valence-electron chi connectivity index (χ2n) is 4.59. The van der Waals surface area contributed by atoms with Gasteiger partial charge < -0.3 is 16.0 Å². The van der Waals surface area contributed by atoms with Crippen LogP contribution < -0.4 is 16.0 Å². The SMILES string of the molecule is CNC(=O)C1CCCN1c1ccc(C(N)=S)c(Br)c1F. The highest BCUT2D eigenvalue weighted by molar-refractivity contribution is 9.10. The summed E-state index contributed by atoms with van der Waals surface area (Å²) in [6.07, 6.45) is 1.57. The van der Waals surface area contributed by atoms with E-state index in [4.69, 9.17) is 18.0 Å². The van der Waals surface area contributed by atoms with Crippen molar-refractivity contribution in [1.29, 1.82) is 0 Å². The number of carbonyl (C=O) groups is 1. The van der Waals surface area contributed by atoms with Crippen molar-refractivity contribution in [1.82, 2.24) is 5.32 Å². The average Bonchev–Trinajstić information content (AvgIpc) is 2.89. The zero-order valence-electron chi connectivity index (χ0n) is 11.0. The maximum Gasteiger partial charge on any atom is 0.242 e. The maximum absolute atomic E-state index is 14.5. The number of amides is 1. The average molecular weight is 360 g/mol. The highest BCUT2D eigenvalue weighted by atomic mass is 79.9. The van der Waals surface area contributed by atoms with Gasteiger partial charge in [0.1, 0.15) is 11.0 Å². The van der Waals surface area contributed by atoms with E-state index in [1.165, 1.54) is 0 Å². The smallest absolute Gasteiger partial charge is 0.242 e. The number of hydrogen-bond acceptors (Lipinski definition) is 3. The molecule has 3 N–H and O–H groups in total. The van der Waals surface area contributed by atoms with Crippen LogP contribution >= 0.6 is 28.1 Å². The summed E-state index contributed by atoms with van der Waals surface area (Å²) < 4.78 is 14.7. The first-order valence-corrected chi connectivity index (χ1v) is 7.43.